The molecule has 0 atom stereocenters. The predicted molar refractivity (Wildman–Crippen MR) is 95.5 cm³/mol. The summed E-state index contributed by atoms with van der Waals surface area (Å²) >= 11 is 0. The number of anilines is 1. The minimum atomic E-state index is -0.744. The number of allylic oxidation sites excluding steroid dienone is 5. The van der Waals surface area contributed by atoms with E-state index >= 15 is 0 Å². The number of ether oxygens (including phenoxy) is 1. The summed E-state index contributed by atoms with van der Waals surface area (Å²) in [5.74, 6) is 0.0329. The first-order valence-corrected chi connectivity index (χ1v) is 7.61. The van der Waals surface area contributed by atoms with Gasteiger partial charge in [-0.2, -0.15) is 10.5 Å². The van der Waals surface area contributed by atoms with Crippen molar-refractivity contribution < 1.29 is 4.74 Å². The van der Waals surface area contributed by atoms with Crippen molar-refractivity contribution in [1.82, 2.24) is 0 Å². The third-order valence-electron chi connectivity index (χ3n) is 3.48. The van der Waals surface area contributed by atoms with Crippen molar-refractivity contribution in [2.75, 3.05) is 19.0 Å². The Morgan fingerprint density at radius 2 is 1.88 bits per heavy atom. The number of nitrogens with zero attached hydrogens (tertiary/aromatic N) is 3. The molecule has 24 heavy (non-hydrogen) atoms. The molecule has 0 amide bonds. The Balaban J connectivity index is 2.00. The zero-order valence-electron chi connectivity index (χ0n) is 13.8. The van der Waals surface area contributed by atoms with Gasteiger partial charge in [0.2, 0.25) is 0 Å². The molecule has 1 heterocycles. The smallest absolute Gasteiger partial charge is 0.152 e. The van der Waals surface area contributed by atoms with Gasteiger partial charge in [0.15, 0.2) is 5.92 Å². The van der Waals surface area contributed by atoms with Crippen molar-refractivity contribution in [3.8, 4) is 12.1 Å². The largest absolute Gasteiger partial charge is 0.469 e. The van der Waals surface area contributed by atoms with Gasteiger partial charge in [0.25, 0.3) is 0 Å². The Labute approximate surface area is 142 Å². The topological polar surface area (TPSA) is 60.0 Å². The normalized spacial score (nSPS) is 15.0. The van der Waals surface area contributed by atoms with Crippen LogP contribution in [-0.2, 0) is 4.74 Å². The average Bonchev–Trinajstić information content (AvgIpc) is 2.60. The second kappa shape index (κ2) is 8.41. The molecule has 0 saturated heterocycles. The van der Waals surface area contributed by atoms with Crippen LogP contribution in [0.3, 0.4) is 0 Å². The van der Waals surface area contributed by atoms with Gasteiger partial charge in [0.05, 0.1) is 18.4 Å². The van der Waals surface area contributed by atoms with E-state index in [1.807, 2.05) is 44.5 Å². The predicted octanol–water partition coefficient (Wildman–Crippen LogP) is 4.17. The summed E-state index contributed by atoms with van der Waals surface area (Å²) in [6, 6.07) is 12.1. The zero-order chi connectivity index (χ0) is 17.4. The zero-order valence-corrected chi connectivity index (χ0v) is 13.8. The first-order chi connectivity index (χ1) is 11.6. The van der Waals surface area contributed by atoms with Gasteiger partial charge in [0.1, 0.15) is 5.76 Å². The highest BCUT2D eigenvalue weighted by Gasteiger charge is 2.06. The van der Waals surface area contributed by atoms with Crippen LogP contribution >= 0.6 is 0 Å². The maximum absolute atomic E-state index is 8.84. The number of benzene rings is 1. The first-order valence-electron chi connectivity index (χ1n) is 7.61. The lowest BCUT2D eigenvalue weighted by Gasteiger charge is -2.12. The van der Waals surface area contributed by atoms with Crippen LogP contribution in [0.1, 0.15) is 12.0 Å². The average molecular weight is 317 g/mol. The molecule has 120 valence electrons. The SMILES string of the molecule is CN(C)c1ccc(C=CCC2=CC(=CC(C#N)C#N)C=CO2)cc1. The van der Waals surface area contributed by atoms with Crippen molar-refractivity contribution in [1.29, 1.82) is 10.5 Å². The maximum atomic E-state index is 8.84. The van der Waals surface area contributed by atoms with Crippen molar-refractivity contribution in [3.05, 3.63) is 71.7 Å². The summed E-state index contributed by atoms with van der Waals surface area (Å²) in [6.45, 7) is 0. The van der Waals surface area contributed by atoms with Crippen molar-refractivity contribution in [3.63, 3.8) is 0 Å². The molecule has 1 aliphatic rings. The number of nitriles is 2. The van der Waals surface area contributed by atoms with Gasteiger partial charge in [-0.15, -0.1) is 0 Å². The highest BCUT2D eigenvalue weighted by molar-refractivity contribution is 5.55. The van der Waals surface area contributed by atoms with Gasteiger partial charge in [0, 0.05) is 26.2 Å². The Morgan fingerprint density at radius 3 is 2.50 bits per heavy atom. The fourth-order valence-corrected chi connectivity index (χ4v) is 2.17. The van der Waals surface area contributed by atoms with Gasteiger partial charge in [-0.3, -0.25) is 0 Å². The van der Waals surface area contributed by atoms with Crippen LogP contribution in [-0.4, -0.2) is 14.1 Å². The van der Waals surface area contributed by atoms with E-state index in [1.165, 1.54) is 0 Å². The minimum absolute atomic E-state index is 0.640. The van der Waals surface area contributed by atoms with Crippen molar-refractivity contribution in [2.24, 2.45) is 5.92 Å². The molecule has 0 fully saturated rings. The molecule has 4 heteroatoms. The lowest BCUT2D eigenvalue weighted by molar-refractivity contribution is 0.338. The number of rotatable bonds is 5. The van der Waals surface area contributed by atoms with Crippen LogP contribution in [0.25, 0.3) is 6.08 Å². The molecule has 0 bridgehead atoms. The Morgan fingerprint density at radius 1 is 1.17 bits per heavy atom. The van der Waals surface area contributed by atoms with Crippen LogP contribution in [0, 0.1) is 28.6 Å². The molecule has 2 rings (SSSR count). The van der Waals surface area contributed by atoms with E-state index in [2.05, 4.69) is 29.2 Å². The first kappa shape index (κ1) is 17.1. The molecule has 1 aromatic rings. The standard InChI is InChI=1S/C20H19N3O/c1-23(2)19-8-6-16(7-9-19)4-3-5-20-13-17(10-11-24-20)12-18(14-21)15-22/h3-4,6-13,18H,5H2,1-2H3. The third-order valence-corrected chi connectivity index (χ3v) is 3.48. The van der Waals surface area contributed by atoms with Crippen LogP contribution in [0.2, 0.25) is 0 Å². The molecule has 0 spiro atoms. The van der Waals surface area contributed by atoms with E-state index in [0.29, 0.717) is 6.42 Å². The minimum Gasteiger partial charge on any atom is -0.469 e. The molecular formula is C20H19N3O. The molecular weight excluding hydrogens is 298 g/mol. The van der Waals surface area contributed by atoms with Gasteiger partial charge in [-0.05, 0) is 41.5 Å². The van der Waals surface area contributed by atoms with E-state index in [9.17, 15) is 0 Å². The Hall–Kier alpha value is -3.24. The number of hydrogen-bond donors (Lipinski definition) is 0. The number of hydrogen-bond acceptors (Lipinski definition) is 4. The second-order valence-electron chi connectivity index (χ2n) is 5.53. The fraction of sp³-hybridized carbons (Fsp3) is 0.200. The van der Waals surface area contributed by atoms with E-state index in [-0.39, 0.29) is 0 Å². The monoisotopic (exact) mass is 317 g/mol. The molecule has 1 aromatic carbocycles. The van der Waals surface area contributed by atoms with Gasteiger partial charge >= 0.3 is 0 Å². The van der Waals surface area contributed by atoms with E-state index in [4.69, 9.17) is 15.3 Å². The summed E-state index contributed by atoms with van der Waals surface area (Å²) in [5, 5.41) is 17.7. The van der Waals surface area contributed by atoms with E-state index < -0.39 is 5.92 Å². The summed E-state index contributed by atoms with van der Waals surface area (Å²) < 4.78 is 5.46. The molecule has 0 unspecified atom stereocenters. The van der Waals surface area contributed by atoms with Crippen molar-refractivity contribution in [2.45, 2.75) is 6.42 Å². The van der Waals surface area contributed by atoms with Crippen LogP contribution in [0.5, 0.6) is 0 Å². The third kappa shape index (κ3) is 4.90. The van der Waals surface area contributed by atoms with Gasteiger partial charge in [-0.25, -0.2) is 0 Å². The maximum Gasteiger partial charge on any atom is 0.152 e. The summed E-state index contributed by atoms with van der Waals surface area (Å²) in [4.78, 5) is 2.06. The Kier molecular flexibility index (Phi) is 6.00. The van der Waals surface area contributed by atoms with Gasteiger partial charge in [-0.1, -0.05) is 24.3 Å². The van der Waals surface area contributed by atoms with Crippen LogP contribution in [0.4, 0.5) is 5.69 Å². The van der Waals surface area contributed by atoms with Crippen molar-refractivity contribution >= 4 is 11.8 Å². The lowest BCUT2D eigenvalue weighted by Crippen LogP contribution is -2.07. The molecule has 4 nitrogen and oxygen atoms in total. The molecule has 0 aliphatic carbocycles. The molecule has 0 aromatic heterocycles. The highest BCUT2D eigenvalue weighted by Crippen LogP contribution is 2.19. The van der Waals surface area contributed by atoms with E-state index in [0.717, 1.165) is 22.6 Å². The molecule has 1 aliphatic heterocycles. The Bertz CT molecular complexity index is 755. The van der Waals surface area contributed by atoms with Gasteiger partial charge < -0.3 is 9.64 Å². The van der Waals surface area contributed by atoms with Crippen LogP contribution in [0.15, 0.2) is 66.2 Å². The highest BCUT2D eigenvalue weighted by atomic mass is 16.5. The molecule has 0 radical (unpaired) electrons. The van der Waals surface area contributed by atoms with E-state index in [1.54, 1.807) is 18.4 Å². The van der Waals surface area contributed by atoms with Crippen LogP contribution < -0.4 is 4.90 Å². The summed E-state index contributed by atoms with van der Waals surface area (Å²) in [7, 11) is 4.03. The fourth-order valence-electron chi connectivity index (χ4n) is 2.17. The molecule has 0 N–H and O–H groups in total. The molecule has 0 saturated carbocycles. The summed E-state index contributed by atoms with van der Waals surface area (Å²) in [6.07, 6.45) is 11.5. The summed E-state index contributed by atoms with van der Waals surface area (Å²) in [5.41, 5.74) is 3.10. The second-order valence-corrected chi connectivity index (χ2v) is 5.53. The quantitative estimate of drug-likeness (QED) is 0.817. The lowest BCUT2D eigenvalue weighted by atomic mass is 10.1.